The van der Waals surface area contributed by atoms with Crippen molar-refractivity contribution >= 4 is 0 Å². The van der Waals surface area contributed by atoms with Crippen molar-refractivity contribution < 1.29 is 4.39 Å². The van der Waals surface area contributed by atoms with E-state index in [1.807, 2.05) is 18.2 Å². The van der Waals surface area contributed by atoms with Crippen molar-refractivity contribution in [2.24, 2.45) is 11.8 Å². The summed E-state index contributed by atoms with van der Waals surface area (Å²) in [5, 5.41) is 0. The molecule has 0 amide bonds. The van der Waals surface area contributed by atoms with Crippen molar-refractivity contribution in [1.29, 1.82) is 0 Å². The van der Waals surface area contributed by atoms with Gasteiger partial charge in [-0.25, -0.2) is 4.39 Å². The SMILES string of the molecule is CCCCC[C@H]1CC[C@H](C2(F)C=CC=CC2)CC1. The van der Waals surface area contributed by atoms with Gasteiger partial charge in [0, 0.05) is 6.42 Å². The van der Waals surface area contributed by atoms with Gasteiger partial charge in [0.25, 0.3) is 0 Å². The van der Waals surface area contributed by atoms with Crippen LogP contribution in [-0.4, -0.2) is 5.67 Å². The van der Waals surface area contributed by atoms with Crippen LogP contribution in [0.4, 0.5) is 4.39 Å². The highest BCUT2D eigenvalue weighted by Crippen LogP contribution is 2.42. The molecule has 1 fully saturated rings. The summed E-state index contributed by atoms with van der Waals surface area (Å²) in [5.41, 5.74) is -1.04. The second kappa shape index (κ2) is 6.54. The Kier molecular flexibility index (Phi) is 5.03. The van der Waals surface area contributed by atoms with Crippen LogP contribution in [0.25, 0.3) is 0 Å². The molecule has 2 aliphatic rings. The zero-order valence-corrected chi connectivity index (χ0v) is 11.7. The second-order valence-corrected chi connectivity index (χ2v) is 6.13. The monoisotopic (exact) mass is 250 g/mol. The Morgan fingerprint density at radius 2 is 1.89 bits per heavy atom. The predicted molar refractivity (Wildman–Crippen MR) is 76.3 cm³/mol. The van der Waals surface area contributed by atoms with Gasteiger partial charge in [-0.2, -0.15) is 0 Å². The molecule has 0 heterocycles. The Balaban J connectivity index is 1.76. The van der Waals surface area contributed by atoms with Gasteiger partial charge in [-0.05, 0) is 30.8 Å². The molecule has 0 nitrogen and oxygen atoms in total. The van der Waals surface area contributed by atoms with E-state index < -0.39 is 5.67 Å². The van der Waals surface area contributed by atoms with Gasteiger partial charge in [0.15, 0.2) is 0 Å². The van der Waals surface area contributed by atoms with E-state index in [-0.39, 0.29) is 5.92 Å². The lowest BCUT2D eigenvalue weighted by atomic mass is 9.71. The van der Waals surface area contributed by atoms with Crippen LogP contribution >= 0.6 is 0 Å². The number of unbranched alkanes of at least 4 members (excludes halogenated alkanes) is 2. The number of halogens is 1. The first kappa shape index (κ1) is 13.8. The summed E-state index contributed by atoms with van der Waals surface area (Å²) < 4.78 is 14.8. The molecule has 0 spiro atoms. The van der Waals surface area contributed by atoms with Crippen molar-refractivity contribution in [3.63, 3.8) is 0 Å². The van der Waals surface area contributed by atoms with Crippen molar-refractivity contribution in [1.82, 2.24) is 0 Å². The molecule has 0 aromatic heterocycles. The lowest BCUT2D eigenvalue weighted by molar-refractivity contribution is 0.0887. The molecule has 0 aliphatic heterocycles. The van der Waals surface area contributed by atoms with E-state index in [0.717, 1.165) is 18.8 Å². The van der Waals surface area contributed by atoms with Gasteiger partial charge < -0.3 is 0 Å². The quantitative estimate of drug-likeness (QED) is 0.557. The van der Waals surface area contributed by atoms with Crippen LogP contribution in [0.15, 0.2) is 24.3 Å². The molecular formula is C17H27F. The summed E-state index contributed by atoms with van der Waals surface area (Å²) in [6.07, 6.45) is 18.3. The summed E-state index contributed by atoms with van der Waals surface area (Å²) in [6.45, 7) is 2.26. The van der Waals surface area contributed by atoms with Crippen LogP contribution in [0.1, 0.15) is 64.7 Å². The van der Waals surface area contributed by atoms with Crippen LogP contribution in [0.2, 0.25) is 0 Å². The molecule has 0 bridgehead atoms. The van der Waals surface area contributed by atoms with Gasteiger partial charge in [-0.3, -0.25) is 0 Å². The van der Waals surface area contributed by atoms with Gasteiger partial charge in [0.1, 0.15) is 5.67 Å². The molecule has 1 saturated carbocycles. The normalized spacial score (nSPS) is 35.9. The minimum absolute atomic E-state index is 0.265. The third-order valence-electron chi connectivity index (χ3n) is 4.79. The van der Waals surface area contributed by atoms with Gasteiger partial charge in [-0.15, -0.1) is 0 Å². The average Bonchev–Trinajstić information content (AvgIpc) is 2.41. The Bertz CT molecular complexity index is 297. The highest BCUT2D eigenvalue weighted by atomic mass is 19.1. The number of allylic oxidation sites excluding steroid dienone is 4. The Labute approximate surface area is 111 Å². The zero-order chi connectivity index (χ0) is 12.8. The van der Waals surface area contributed by atoms with Gasteiger partial charge >= 0.3 is 0 Å². The molecule has 2 aliphatic carbocycles. The Hall–Kier alpha value is -0.590. The third kappa shape index (κ3) is 3.46. The molecule has 1 unspecified atom stereocenters. The molecule has 0 radical (unpaired) electrons. The minimum atomic E-state index is -1.04. The maximum absolute atomic E-state index is 14.8. The standard InChI is InChI=1S/C17H27F/c1-2-3-5-8-15-9-11-16(12-10-15)17(18)13-6-4-7-14-17/h4,6-7,13,15-16H,2-3,5,8-12,14H2,1H3/t15-,16-,17?. The van der Waals surface area contributed by atoms with Crippen molar-refractivity contribution in [2.75, 3.05) is 0 Å². The molecule has 102 valence electrons. The molecular weight excluding hydrogens is 223 g/mol. The number of hydrogen-bond acceptors (Lipinski definition) is 0. The largest absolute Gasteiger partial charge is 0.239 e. The molecule has 1 heteroatoms. The lowest BCUT2D eigenvalue weighted by Crippen LogP contribution is -2.34. The first-order chi connectivity index (χ1) is 8.74. The highest BCUT2D eigenvalue weighted by molar-refractivity contribution is 5.19. The predicted octanol–water partition coefficient (Wildman–Crippen LogP) is 5.60. The first-order valence-corrected chi connectivity index (χ1v) is 7.78. The maximum atomic E-state index is 14.8. The zero-order valence-electron chi connectivity index (χ0n) is 11.7. The van der Waals surface area contributed by atoms with Crippen LogP contribution in [0, 0.1) is 11.8 Å². The molecule has 0 saturated heterocycles. The third-order valence-corrected chi connectivity index (χ3v) is 4.79. The summed E-state index contributed by atoms with van der Waals surface area (Å²) in [4.78, 5) is 0. The van der Waals surface area contributed by atoms with E-state index in [2.05, 4.69) is 6.92 Å². The van der Waals surface area contributed by atoms with Crippen molar-refractivity contribution in [3.05, 3.63) is 24.3 Å². The summed E-state index contributed by atoms with van der Waals surface area (Å²) in [6, 6.07) is 0. The lowest BCUT2D eigenvalue weighted by Gasteiger charge is -2.37. The van der Waals surface area contributed by atoms with Crippen LogP contribution in [0.5, 0.6) is 0 Å². The molecule has 0 aromatic rings. The van der Waals surface area contributed by atoms with Gasteiger partial charge in [0.05, 0.1) is 0 Å². The summed E-state index contributed by atoms with van der Waals surface area (Å²) in [7, 11) is 0. The smallest absolute Gasteiger partial charge is 0.135 e. The number of alkyl halides is 1. The topological polar surface area (TPSA) is 0 Å². The van der Waals surface area contributed by atoms with E-state index in [1.165, 1.54) is 38.5 Å². The van der Waals surface area contributed by atoms with Gasteiger partial charge in [0.2, 0.25) is 0 Å². The maximum Gasteiger partial charge on any atom is 0.135 e. The average molecular weight is 250 g/mol. The number of hydrogen-bond donors (Lipinski definition) is 0. The molecule has 2 rings (SSSR count). The van der Waals surface area contributed by atoms with E-state index in [0.29, 0.717) is 6.42 Å². The Morgan fingerprint density at radius 1 is 1.11 bits per heavy atom. The Morgan fingerprint density at radius 3 is 2.50 bits per heavy atom. The van der Waals surface area contributed by atoms with E-state index in [1.54, 1.807) is 6.08 Å². The highest BCUT2D eigenvalue weighted by Gasteiger charge is 2.38. The second-order valence-electron chi connectivity index (χ2n) is 6.13. The first-order valence-electron chi connectivity index (χ1n) is 7.78. The minimum Gasteiger partial charge on any atom is -0.239 e. The summed E-state index contributed by atoms with van der Waals surface area (Å²) in [5.74, 6) is 1.14. The summed E-state index contributed by atoms with van der Waals surface area (Å²) >= 11 is 0. The fourth-order valence-electron chi connectivity index (χ4n) is 3.53. The van der Waals surface area contributed by atoms with E-state index >= 15 is 0 Å². The van der Waals surface area contributed by atoms with E-state index in [9.17, 15) is 4.39 Å². The molecule has 18 heavy (non-hydrogen) atoms. The van der Waals surface area contributed by atoms with Crippen LogP contribution in [-0.2, 0) is 0 Å². The molecule has 1 atom stereocenters. The van der Waals surface area contributed by atoms with Gasteiger partial charge in [-0.1, -0.05) is 63.7 Å². The molecule has 0 aromatic carbocycles. The van der Waals surface area contributed by atoms with E-state index in [4.69, 9.17) is 0 Å². The fraction of sp³-hybridized carbons (Fsp3) is 0.765. The van der Waals surface area contributed by atoms with Crippen molar-refractivity contribution in [3.8, 4) is 0 Å². The van der Waals surface area contributed by atoms with Crippen molar-refractivity contribution in [2.45, 2.75) is 70.4 Å². The van der Waals surface area contributed by atoms with Crippen LogP contribution in [0.3, 0.4) is 0 Å². The fourth-order valence-corrected chi connectivity index (χ4v) is 3.53. The number of rotatable bonds is 5. The molecule has 0 N–H and O–H groups in total. The van der Waals surface area contributed by atoms with Crippen LogP contribution < -0.4 is 0 Å².